The largest absolute Gasteiger partial charge is 0.228 e. The molecule has 5 aliphatic rings. The average Bonchev–Trinajstić information content (AvgIpc) is 3.66. The van der Waals surface area contributed by atoms with Gasteiger partial charge in [-0.2, -0.15) is 0 Å². The van der Waals surface area contributed by atoms with Crippen molar-refractivity contribution in [2.75, 3.05) is 0 Å². The molecule has 1 heterocycles. The van der Waals surface area contributed by atoms with Gasteiger partial charge < -0.3 is 0 Å². The van der Waals surface area contributed by atoms with E-state index in [-0.39, 0.29) is 5.41 Å². The van der Waals surface area contributed by atoms with Gasteiger partial charge in [-0.25, -0.2) is 9.97 Å². The van der Waals surface area contributed by atoms with E-state index >= 15 is 0 Å². The molecular formula is C64H48N2. The maximum atomic E-state index is 5.22. The van der Waals surface area contributed by atoms with E-state index in [0.29, 0.717) is 11.8 Å². The second-order valence-electron chi connectivity index (χ2n) is 19.7. The first-order valence-electron chi connectivity index (χ1n) is 24.1. The maximum absolute atomic E-state index is 5.22. The van der Waals surface area contributed by atoms with Gasteiger partial charge in [0.1, 0.15) is 0 Å². The predicted octanol–water partition coefficient (Wildman–Crippen LogP) is 16.5. The Kier molecular flexibility index (Phi) is 8.50. The fraction of sp³-hybridized carbons (Fsp3) is 0.156. The highest BCUT2D eigenvalue weighted by atomic mass is 14.9. The zero-order chi connectivity index (χ0) is 43.3. The Morgan fingerprint density at radius 2 is 0.879 bits per heavy atom. The molecule has 5 aliphatic carbocycles. The van der Waals surface area contributed by atoms with Crippen LogP contribution in [0.25, 0.3) is 100.0 Å². The molecule has 66 heavy (non-hydrogen) atoms. The molecule has 1 spiro atoms. The molecule has 0 atom stereocenters. The summed E-state index contributed by atoms with van der Waals surface area (Å²) in [4.78, 5) is 10.4. The van der Waals surface area contributed by atoms with Crippen LogP contribution < -0.4 is 0 Å². The van der Waals surface area contributed by atoms with Crippen molar-refractivity contribution in [3.63, 3.8) is 0 Å². The Morgan fingerprint density at radius 3 is 1.55 bits per heavy atom. The molecule has 0 saturated heterocycles. The molecule has 314 valence electrons. The van der Waals surface area contributed by atoms with Crippen molar-refractivity contribution < 1.29 is 0 Å². The van der Waals surface area contributed by atoms with Crippen molar-refractivity contribution in [2.24, 2.45) is 23.7 Å². The topological polar surface area (TPSA) is 25.8 Å². The zero-order valence-corrected chi connectivity index (χ0v) is 36.9. The van der Waals surface area contributed by atoms with Crippen LogP contribution in [0.4, 0.5) is 0 Å². The highest BCUT2D eigenvalue weighted by Gasteiger charge is 2.62. The highest BCUT2D eigenvalue weighted by Crippen LogP contribution is 2.70. The van der Waals surface area contributed by atoms with Crippen LogP contribution in [0.1, 0.15) is 43.2 Å². The van der Waals surface area contributed by atoms with Crippen LogP contribution in [0.15, 0.2) is 206 Å². The van der Waals surface area contributed by atoms with Crippen LogP contribution in [0.5, 0.6) is 0 Å². The first-order chi connectivity index (χ1) is 32.7. The molecule has 10 aromatic rings. The standard InChI is InChI=1S/C64H48N2/c1-3-12-42(13-4-1)43-22-26-46(27-23-43)59-39-60(66-63(65-59)48-15-5-2-6-16-48)47-28-24-45(25-29-47)54-31-30-44-14-9-10-19-53(44)61(54)55-20-11-21-57-62(55)56-37-49-17-7-8-18-50(49)38-58(56)64(57)51-33-40-32-41(35-51)36-52(64)34-40/h1-31,37-41,51-52H,32-36H2. The lowest BCUT2D eigenvalue weighted by Crippen LogP contribution is -2.55. The summed E-state index contributed by atoms with van der Waals surface area (Å²) >= 11 is 0. The van der Waals surface area contributed by atoms with Gasteiger partial charge in [0.25, 0.3) is 0 Å². The van der Waals surface area contributed by atoms with E-state index in [1.54, 1.807) is 11.1 Å². The molecule has 4 fully saturated rings. The molecule has 2 heteroatoms. The Hall–Kier alpha value is -7.42. The van der Waals surface area contributed by atoms with Crippen molar-refractivity contribution in [3.05, 3.63) is 217 Å². The summed E-state index contributed by atoms with van der Waals surface area (Å²) in [5.41, 5.74) is 18.7. The lowest BCUT2D eigenvalue weighted by atomic mass is 9.43. The predicted molar refractivity (Wildman–Crippen MR) is 273 cm³/mol. The van der Waals surface area contributed by atoms with Gasteiger partial charge in [-0.05, 0) is 151 Å². The number of aromatic nitrogens is 2. The van der Waals surface area contributed by atoms with Gasteiger partial charge in [0.2, 0.25) is 0 Å². The quantitative estimate of drug-likeness (QED) is 0.167. The summed E-state index contributed by atoms with van der Waals surface area (Å²) < 4.78 is 0. The van der Waals surface area contributed by atoms with Gasteiger partial charge in [0.05, 0.1) is 11.4 Å². The minimum absolute atomic E-state index is 0.0729. The normalized spacial score (nSPS) is 21.1. The van der Waals surface area contributed by atoms with E-state index in [0.717, 1.165) is 45.7 Å². The molecule has 0 N–H and O–H groups in total. The molecule has 0 amide bonds. The first-order valence-corrected chi connectivity index (χ1v) is 24.1. The van der Waals surface area contributed by atoms with Gasteiger partial charge in [-0.3, -0.25) is 0 Å². The number of hydrogen-bond acceptors (Lipinski definition) is 2. The van der Waals surface area contributed by atoms with Gasteiger partial charge in [-0.1, -0.05) is 188 Å². The maximum Gasteiger partial charge on any atom is 0.160 e. The third-order valence-corrected chi connectivity index (χ3v) is 16.3. The fourth-order valence-electron chi connectivity index (χ4n) is 13.7. The van der Waals surface area contributed by atoms with Crippen LogP contribution in [0.3, 0.4) is 0 Å². The molecule has 0 aliphatic heterocycles. The van der Waals surface area contributed by atoms with Crippen molar-refractivity contribution in [2.45, 2.75) is 37.5 Å². The summed E-state index contributed by atoms with van der Waals surface area (Å²) in [7, 11) is 0. The molecule has 15 rings (SSSR count). The third kappa shape index (κ3) is 5.80. The van der Waals surface area contributed by atoms with Crippen molar-refractivity contribution in [1.82, 2.24) is 9.97 Å². The second-order valence-corrected chi connectivity index (χ2v) is 19.7. The van der Waals surface area contributed by atoms with E-state index in [1.165, 1.54) is 98.2 Å². The SMILES string of the molecule is c1ccc(-c2ccc(-c3cc(-c4ccc(-c5ccc6ccccc6c5-c5cccc6c5-c5cc7ccccc7cc5C65C6CC7CC(C6)CC5C7)cc4)nc(-c4ccccc4)n3)cc2)cc1. The third-order valence-electron chi connectivity index (χ3n) is 16.3. The number of benzene rings is 9. The molecular weight excluding hydrogens is 797 g/mol. The van der Waals surface area contributed by atoms with E-state index in [1.807, 2.05) is 6.07 Å². The minimum atomic E-state index is 0.0729. The number of rotatable bonds is 6. The van der Waals surface area contributed by atoms with Crippen LogP contribution in [0, 0.1) is 23.7 Å². The lowest BCUT2D eigenvalue weighted by Gasteiger charge is -2.61. The Labute approximate surface area is 386 Å². The van der Waals surface area contributed by atoms with Crippen molar-refractivity contribution >= 4 is 21.5 Å². The number of fused-ring (bicyclic) bond motifs is 5. The highest BCUT2D eigenvalue weighted by molar-refractivity contribution is 6.09. The van der Waals surface area contributed by atoms with E-state index in [2.05, 4.69) is 200 Å². The van der Waals surface area contributed by atoms with Crippen molar-refractivity contribution in [1.29, 1.82) is 0 Å². The molecule has 4 saturated carbocycles. The second kappa shape index (κ2) is 14.8. The van der Waals surface area contributed by atoms with Gasteiger partial charge in [-0.15, -0.1) is 0 Å². The van der Waals surface area contributed by atoms with Gasteiger partial charge >= 0.3 is 0 Å². The molecule has 0 unspecified atom stereocenters. The number of nitrogens with zero attached hydrogens (tertiary/aromatic N) is 2. The lowest BCUT2D eigenvalue weighted by molar-refractivity contribution is -0.0398. The zero-order valence-electron chi connectivity index (χ0n) is 36.9. The summed E-state index contributed by atoms with van der Waals surface area (Å²) in [6.45, 7) is 0. The fourth-order valence-corrected chi connectivity index (χ4v) is 13.7. The number of hydrogen-bond donors (Lipinski definition) is 0. The summed E-state index contributed by atoms with van der Waals surface area (Å²) in [6.07, 6.45) is 6.94. The Morgan fingerprint density at radius 1 is 0.333 bits per heavy atom. The average molecular weight is 845 g/mol. The monoisotopic (exact) mass is 844 g/mol. The smallest absolute Gasteiger partial charge is 0.160 e. The van der Waals surface area contributed by atoms with Crippen LogP contribution in [-0.4, -0.2) is 9.97 Å². The van der Waals surface area contributed by atoms with E-state index in [4.69, 9.17) is 9.97 Å². The summed E-state index contributed by atoms with van der Waals surface area (Å²) in [6, 6.07) is 76.3. The molecule has 4 bridgehead atoms. The Balaban J connectivity index is 0.920. The van der Waals surface area contributed by atoms with Crippen LogP contribution >= 0.6 is 0 Å². The first kappa shape index (κ1) is 37.9. The van der Waals surface area contributed by atoms with Crippen molar-refractivity contribution in [3.8, 4) is 78.4 Å². The van der Waals surface area contributed by atoms with E-state index in [9.17, 15) is 0 Å². The van der Waals surface area contributed by atoms with Gasteiger partial charge in [0.15, 0.2) is 5.82 Å². The van der Waals surface area contributed by atoms with Crippen LogP contribution in [-0.2, 0) is 5.41 Å². The van der Waals surface area contributed by atoms with Crippen LogP contribution in [0.2, 0.25) is 0 Å². The van der Waals surface area contributed by atoms with Gasteiger partial charge in [0, 0.05) is 22.1 Å². The molecule has 2 nitrogen and oxygen atoms in total. The molecule has 1 aromatic heterocycles. The summed E-state index contributed by atoms with van der Waals surface area (Å²) in [5, 5.41) is 5.27. The molecule has 0 radical (unpaired) electrons. The Bertz CT molecular complexity index is 3490. The summed E-state index contributed by atoms with van der Waals surface area (Å²) in [5.74, 6) is 3.91. The molecule has 9 aromatic carbocycles. The minimum Gasteiger partial charge on any atom is -0.228 e. The van der Waals surface area contributed by atoms with E-state index < -0.39 is 0 Å².